The fraction of sp³-hybridized carbons (Fsp3) is 0.250. The zero-order valence-electron chi connectivity index (χ0n) is 15.2. The summed E-state index contributed by atoms with van der Waals surface area (Å²) in [5.41, 5.74) is 7.23. The van der Waals surface area contributed by atoms with E-state index in [-0.39, 0.29) is 12.2 Å². The number of esters is 2. The largest absolute Gasteiger partial charge is 0.462 e. The summed E-state index contributed by atoms with van der Waals surface area (Å²) in [6.07, 6.45) is -0.649. The van der Waals surface area contributed by atoms with Gasteiger partial charge in [-0.15, -0.1) is 0 Å². The molecule has 2 aromatic rings. The van der Waals surface area contributed by atoms with Crippen LogP contribution >= 0.6 is 0 Å². The van der Waals surface area contributed by atoms with Crippen LogP contribution in [0.2, 0.25) is 0 Å². The molecule has 0 saturated carbocycles. The lowest BCUT2D eigenvalue weighted by Crippen LogP contribution is -2.32. The Morgan fingerprint density at radius 2 is 1.70 bits per heavy atom. The molecule has 7 heteroatoms. The lowest BCUT2D eigenvalue weighted by Gasteiger charge is -2.16. The second-order valence-corrected chi connectivity index (χ2v) is 5.71. The van der Waals surface area contributed by atoms with Crippen LogP contribution in [0.4, 0.5) is 11.4 Å². The number of carbonyl (C=O) groups excluding carboxylic acids is 3. The van der Waals surface area contributed by atoms with Gasteiger partial charge in [-0.1, -0.05) is 13.0 Å². The van der Waals surface area contributed by atoms with Crippen molar-refractivity contribution in [1.82, 2.24) is 0 Å². The van der Waals surface area contributed by atoms with Gasteiger partial charge in [-0.05, 0) is 55.8 Å². The molecule has 0 aliphatic heterocycles. The van der Waals surface area contributed by atoms with Crippen LogP contribution in [0.3, 0.4) is 0 Å². The molecule has 0 aliphatic carbocycles. The molecule has 0 radical (unpaired) electrons. The molecule has 0 spiro atoms. The van der Waals surface area contributed by atoms with Crippen molar-refractivity contribution in [2.24, 2.45) is 0 Å². The van der Waals surface area contributed by atoms with E-state index in [1.54, 1.807) is 56.3 Å². The van der Waals surface area contributed by atoms with Gasteiger partial charge in [-0.3, -0.25) is 4.79 Å². The summed E-state index contributed by atoms with van der Waals surface area (Å²) in [4.78, 5) is 36.2. The standard InChI is InChI=1S/C20H22N2O5/c1-3-17(27-20(25)14-6-5-7-15(21)12-14)18(23)22-16-10-8-13(9-11-16)19(24)26-4-2/h5-12,17H,3-4,21H2,1-2H3,(H,22,23). The molecule has 7 nitrogen and oxygen atoms in total. The van der Waals surface area contributed by atoms with Gasteiger partial charge in [-0.25, -0.2) is 9.59 Å². The molecule has 0 aromatic heterocycles. The predicted molar refractivity (Wildman–Crippen MR) is 101 cm³/mol. The first-order chi connectivity index (χ1) is 12.9. The van der Waals surface area contributed by atoms with Crippen molar-refractivity contribution < 1.29 is 23.9 Å². The molecule has 2 rings (SSSR count). The number of nitrogen functional groups attached to an aromatic ring is 1. The van der Waals surface area contributed by atoms with Gasteiger partial charge < -0.3 is 20.5 Å². The third-order valence-electron chi connectivity index (χ3n) is 3.70. The SMILES string of the molecule is CCOC(=O)c1ccc(NC(=O)C(CC)OC(=O)c2cccc(N)c2)cc1. The molecule has 1 unspecified atom stereocenters. The fourth-order valence-electron chi connectivity index (χ4n) is 2.31. The van der Waals surface area contributed by atoms with E-state index in [0.29, 0.717) is 23.4 Å². The third-order valence-corrected chi connectivity index (χ3v) is 3.70. The van der Waals surface area contributed by atoms with Gasteiger partial charge in [0, 0.05) is 11.4 Å². The van der Waals surface area contributed by atoms with Gasteiger partial charge in [0.1, 0.15) is 0 Å². The van der Waals surface area contributed by atoms with E-state index in [4.69, 9.17) is 15.2 Å². The lowest BCUT2D eigenvalue weighted by atomic mass is 10.2. The molecule has 1 atom stereocenters. The van der Waals surface area contributed by atoms with Crippen LogP contribution in [0.1, 0.15) is 41.0 Å². The second-order valence-electron chi connectivity index (χ2n) is 5.71. The number of hydrogen-bond donors (Lipinski definition) is 2. The second kappa shape index (κ2) is 9.38. The van der Waals surface area contributed by atoms with Gasteiger partial charge in [0.2, 0.25) is 0 Å². The van der Waals surface area contributed by atoms with E-state index >= 15 is 0 Å². The summed E-state index contributed by atoms with van der Waals surface area (Å²) in [5.74, 6) is -1.52. The molecule has 3 N–H and O–H groups in total. The van der Waals surface area contributed by atoms with Gasteiger partial charge in [0.05, 0.1) is 17.7 Å². The Kier molecular flexibility index (Phi) is 6.93. The number of rotatable bonds is 7. The smallest absolute Gasteiger partial charge is 0.338 e. The van der Waals surface area contributed by atoms with Crippen LogP contribution in [0, 0.1) is 0 Å². The molecule has 0 fully saturated rings. The number of anilines is 2. The van der Waals surface area contributed by atoms with Crippen LogP contribution in [-0.4, -0.2) is 30.6 Å². The molecule has 27 heavy (non-hydrogen) atoms. The maximum Gasteiger partial charge on any atom is 0.338 e. The number of benzene rings is 2. The number of amides is 1. The molecule has 0 saturated heterocycles. The minimum Gasteiger partial charge on any atom is -0.462 e. The van der Waals surface area contributed by atoms with Gasteiger partial charge in [-0.2, -0.15) is 0 Å². The predicted octanol–water partition coefficient (Wildman–Crippen LogP) is 3.02. The molecule has 0 aliphatic rings. The number of nitrogens with one attached hydrogen (secondary N) is 1. The van der Waals surface area contributed by atoms with E-state index < -0.39 is 23.9 Å². The zero-order chi connectivity index (χ0) is 19.8. The Morgan fingerprint density at radius 1 is 1.00 bits per heavy atom. The average Bonchev–Trinajstić information content (AvgIpc) is 2.66. The van der Waals surface area contributed by atoms with Gasteiger partial charge in [0.25, 0.3) is 5.91 Å². The number of ether oxygens (including phenoxy) is 2. The summed E-state index contributed by atoms with van der Waals surface area (Å²) in [5, 5.41) is 2.67. The Labute approximate surface area is 157 Å². The van der Waals surface area contributed by atoms with Crippen LogP contribution < -0.4 is 11.1 Å². The maximum absolute atomic E-state index is 12.4. The highest BCUT2D eigenvalue weighted by Gasteiger charge is 2.22. The minimum absolute atomic E-state index is 0.278. The lowest BCUT2D eigenvalue weighted by molar-refractivity contribution is -0.124. The first-order valence-corrected chi connectivity index (χ1v) is 8.59. The Balaban J connectivity index is 2.00. The highest BCUT2D eigenvalue weighted by molar-refractivity contribution is 5.98. The highest BCUT2D eigenvalue weighted by atomic mass is 16.5. The van der Waals surface area contributed by atoms with Crippen molar-refractivity contribution in [3.63, 3.8) is 0 Å². The molecular weight excluding hydrogens is 348 g/mol. The van der Waals surface area contributed by atoms with E-state index in [1.165, 1.54) is 6.07 Å². The van der Waals surface area contributed by atoms with Crippen LogP contribution in [0.25, 0.3) is 0 Å². The van der Waals surface area contributed by atoms with Crippen molar-refractivity contribution in [1.29, 1.82) is 0 Å². The molecule has 0 bridgehead atoms. The maximum atomic E-state index is 12.4. The van der Waals surface area contributed by atoms with Crippen molar-refractivity contribution in [2.75, 3.05) is 17.7 Å². The topological polar surface area (TPSA) is 108 Å². The van der Waals surface area contributed by atoms with Crippen molar-refractivity contribution in [2.45, 2.75) is 26.4 Å². The average molecular weight is 370 g/mol. The van der Waals surface area contributed by atoms with Crippen LogP contribution in [0.5, 0.6) is 0 Å². The monoisotopic (exact) mass is 370 g/mol. The number of nitrogens with two attached hydrogens (primary N) is 1. The van der Waals surface area contributed by atoms with Gasteiger partial charge >= 0.3 is 11.9 Å². The molecular formula is C20H22N2O5. The fourth-order valence-corrected chi connectivity index (χ4v) is 2.31. The minimum atomic E-state index is -0.955. The summed E-state index contributed by atoms with van der Waals surface area (Å²) in [6.45, 7) is 3.75. The quantitative estimate of drug-likeness (QED) is 0.573. The van der Waals surface area contributed by atoms with Crippen molar-refractivity contribution in [3.05, 3.63) is 59.7 Å². The first-order valence-electron chi connectivity index (χ1n) is 8.59. The van der Waals surface area contributed by atoms with E-state index in [1.807, 2.05) is 0 Å². The third kappa shape index (κ3) is 5.57. The van der Waals surface area contributed by atoms with Crippen LogP contribution in [-0.2, 0) is 14.3 Å². The summed E-state index contributed by atoms with van der Waals surface area (Å²) >= 11 is 0. The molecule has 142 valence electrons. The van der Waals surface area contributed by atoms with E-state index in [9.17, 15) is 14.4 Å². The molecule has 1 amide bonds. The van der Waals surface area contributed by atoms with E-state index in [2.05, 4.69) is 5.32 Å². The molecule has 0 heterocycles. The first kappa shape index (κ1) is 20.0. The Bertz CT molecular complexity index is 817. The molecule has 2 aromatic carbocycles. The van der Waals surface area contributed by atoms with Gasteiger partial charge in [0.15, 0.2) is 6.10 Å². The zero-order valence-corrected chi connectivity index (χ0v) is 15.2. The van der Waals surface area contributed by atoms with E-state index in [0.717, 1.165) is 0 Å². The summed E-state index contributed by atoms with van der Waals surface area (Å²) < 4.78 is 10.2. The highest BCUT2D eigenvalue weighted by Crippen LogP contribution is 2.14. The van der Waals surface area contributed by atoms with Crippen LogP contribution in [0.15, 0.2) is 48.5 Å². The van der Waals surface area contributed by atoms with Crippen molar-refractivity contribution in [3.8, 4) is 0 Å². The summed E-state index contributed by atoms with van der Waals surface area (Å²) in [7, 11) is 0. The summed E-state index contributed by atoms with van der Waals surface area (Å²) in [6, 6.07) is 12.6. The Hall–Kier alpha value is -3.35. The number of carbonyl (C=O) groups is 3. The van der Waals surface area contributed by atoms with Crippen molar-refractivity contribution >= 4 is 29.2 Å². The number of hydrogen-bond acceptors (Lipinski definition) is 6. The normalized spacial score (nSPS) is 11.3. The Morgan fingerprint density at radius 3 is 2.30 bits per heavy atom.